The molecule has 4 rings (SSSR count). The van der Waals surface area contributed by atoms with Crippen molar-refractivity contribution < 1.29 is 4.79 Å². The summed E-state index contributed by atoms with van der Waals surface area (Å²) >= 11 is 0. The van der Waals surface area contributed by atoms with Crippen LogP contribution in [0.15, 0.2) is 36.5 Å². The summed E-state index contributed by atoms with van der Waals surface area (Å²) in [5.41, 5.74) is 1.68. The van der Waals surface area contributed by atoms with Gasteiger partial charge < -0.3 is 4.90 Å². The number of para-hydroxylation sites is 1. The summed E-state index contributed by atoms with van der Waals surface area (Å²) in [7, 11) is 0. The monoisotopic (exact) mass is 309 g/mol. The minimum absolute atomic E-state index is 0.160. The Labute approximate surface area is 137 Å². The van der Waals surface area contributed by atoms with Crippen LogP contribution in [-0.2, 0) is 0 Å². The largest absolute Gasteiger partial charge is 0.337 e. The van der Waals surface area contributed by atoms with E-state index < -0.39 is 0 Å². The molecule has 1 aromatic heterocycles. The van der Waals surface area contributed by atoms with E-state index in [1.807, 2.05) is 35.2 Å². The molecule has 4 heteroatoms. The molecule has 0 radical (unpaired) electrons. The van der Waals surface area contributed by atoms with Gasteiger partial charge in [0.15, 0.2) is 0 Å². The lowest BCUT2D eigenvalue weighted by Gasteiger charge is -2.37. The number of fused-ring (bicyclic) bond motifs is 1. The molecular weight excluding hydrogens is 286 g/mol. The van der Waals surface area contributed by atoms with Crippen LogP contribution in [0, 0.1) is 0 Å². The number of hydrogen-bond donors (Lipinski definition) is 0. The average molecular weight is 309 g/mol. The number of aromatic nitrogens is 1. The maximum atomic E-state index is 13.1. The average Bonchev–Trinajstić information content (AvgIpc) is 3.15. The molecule has 2 aromatic rings. The van der Waals surface area contributed by atoms with Crippen LogP contribution in [0.1, 0.15) is 36.0 Å². The maximum absolute atomic E-state index is 13.1. The molecule has 1 atom stereocenters. The molecule has 2 aliphatic heterocycles. The highest BCUT2D eigenvalue weighted by Gasteiger charge is 2.30. The zero-order chi connectivity index (χ0) is 15.6. The number of nitrogens with zero attached hydrogens (tertiary/aromatic N) is 3. The van der Waals surface area contributed by atoms with E-state index in [9.17, 15) is 4.79 Å². The van der Waals surface area contributed by atoms with E-state index in [4.69, 9.17) is 0 Å². The molecule has 1 unspecified atom stereocenters. The van der Waals surface area contributed by atoms with Crippen molar-refractivity contribution in [1.29, 1.82) is 0 Å². The minimum Gasteiger partial charge on any atom is -0.337 e. The van der Waals surface area contributed by atoms with Gasteiger partial charge in [-0.05, 0) is 50.9 Å². The second-order valence-electron chi connectivity index (χ2n) is 6.67. The number of likely N-dealkylation sites (tertiary alicyclic amines) is 2. The highest BCUT2D eigenvalue weighted by molar-refractivity contribution is 6.06. The molecule has 2 saturated heterocycles. The lowest BCUT2D eigenvalue weighted by atomic mass is 10.0. The van der Waals surface area contributed by atoms with Gasteiger partial charge in [0.05, 0.1) is 11.1 Å². The van der Waals surface area contributed by atoms with Crippen LogP contribution in [-0.4, -0.2) is 52.9 Å². The third-order valence-electron chi connectivity index (χ3n) is 5.22. The number of pyridine rings is 1. The molecule has 3 heterocycles. The van der Waals surface area contributed by atoms with Gasteiger partial charge >= 0.3 is 0 Å². The lowest BCUT2D eigenvalue weighted by Crippen LogP contribution is -2.49. The van der Waals surface area contributed by atoms with Crippen LogP contribution in [0.4, 0.5) is 0 Å². The second-order valence-corrected chi connectivity index (χ2v) is 6.67. The van der Waals surface area contributed by atoms with Crippen LogP contribution >= 0.6 is 0 Å². The van der Waals surface area contributed by atoms with Crippen molar-refractivity contribution in [2.24, 2.45) is 0 Å². The van der Waals surface area contributed by atoms with Gasteiger partial charge in [-0.25, -0.2) is 0 Å². The summed E-state index contributed by atoms with van der Waals surface area (Å²) < 4.78 is 0. The highest BCUT2D eigenvalue weighted by Crippen LogP contribution is 2.23. The predicted molar refractivity (Wildman–Crippen MR) is 91.5 cm³/mol. The summed E-state index contributed by atoms with van der Waals surface area (Å²) in [5, 5.41) is 0.961. The Bertz CT molecular complexity index is 703. The Kier molecular flexibility index (Phi) is 4.00. The topological polar surface area (TPSA) is 36.4 Å². The number of carbonyl (C=O) groups excluding carboxylic acids is 1. The van der Waals surface area contributed by atoms with Gasteiger partial charge in [0.1, 0.15) is 0 Å². The molecule has 0 saturated carbocycles. The number of piperidine rings is 1. The summed E-state index contributed by atoms with van der Waals surface area (Å²) in [6.07, 6.45) is 6.69. The Morgan fingerprint density at radius 1 is 1.04 bits per heavy atom. The molecule has 2 aliphatic rings. The molecule has 1 aromatic carbocycles. The Morgan fingerprint density at radius 3 is 2.74 bits per heavy atom. The smallest absolute Gasteiger partial charge is 0.254 e. The first-order valence-corrected chi connectivity index (χ1v) is 8.70. The van der Waals surface area contributed by atoms with Crippen molar-refractivity contribution in [3.05, 3.63) is 42.1 Å². The van der Waals surface area contributed by atoms with Gasteiger partial charge in [-0.1, -0.05) is 18.2 Å². The van der Waals surface area contributed by atoms with Crippen molar-refractivity contribution in [1.82, 2.24) is 14.8 Å². The maximum Gasteiger partial charge on any atom is 0.254 e. The van der Waals surface area contributed by atoms with E-state index in [1.54, 1.807) is 6.20 Å². The molecule has 23 heavy (non-hydrogen) atoms. The first kappa shape index (κ1) is 14.6. The van der Waals surface area contributed by atoms with Crippen LogP contribution in [0.25, 0.3) is 10.9 Å². The van der Waals surface area contributed by atoms with Gasteiger partial charge in [-0.15, -0.1) is 0 Å². The normalized spacial score (nSPS) is 22.6. The molecule has 2 fully saturated rings. The Balaban J connectivity index is 1.57. The summed E-state index contributed by atoms with van der Waals surface area (Å²) in [6, 6.07) is 10.3. The Morgan fingerprint density at radius 2 is 1.87 bits per heavy atom. The summed E-state index contributed by atoms with van der Waals surface area (Å²) in [4.78, 5) is 22.0. The molecule has 120 valence electrons. The predicted octanol–water partition coefficient (Wildman–Crippen LogP) is 2.94. The van der Waals surface area contributed by atoms with E-state index in [-0.39, 0.29) is 5.91 Å². The van der Waals surface area contributed by atoms with Gasteiger partial charge in [-0.2, -0.15) is 0 Å². The second kappa shape index (κ2) is 6.28. The zero-order valence-corrected chi connectivity index (χ0v) is 13.4. The third kappa shape index (κ3) is 2.83. The SMILES string of the molecule is O=C(c1ccnc2ccccc12)N1CCCC(N2CCCC2)C1. The first-order chi connectivity index (χ1) is 11.3. The fourth-order valence-electron chi connectivity index (χ4n) is 4.00. The van der Waals surface area contributed by atoms with Crippen LogP contribution in [0.3, 0.4) is 0 Å². The van der Waals surface area contributed by atoms with Crippen molar-refractivity contribution >= 4 is 16.8 Å². The fraction of sp³-hybridized carbons (Fsp3) is 0.474. The highest BCUT2D eigenvalue weighted by atomic mass is 16.2. The minimum atomic E-state index is 0.160. The molecule has 1 amide bonds. The quantitative estimate of drug-likeness (QED) is 0.856. The lowest BCUT2D eigenvalue weighted by molar-refractivity contribution is 0.0610. The first-order valence-electron chi connectivity index (χ1n) is 8.70. The van der Waals surface area contributed by atoms with Crippen LogP contribution in [0.5, 0.6) is 0 Å². The van der Waals surface area contributed by atoms with E-state index >= 15 is 0 Å². The molecule has 0 bridgehead atoms. The number of carbonyl (C=O) groups is 1. The van der Waals surface area contributed by atoms with Crippen LogP contribution in [0.2, 0.25) is 0 Å². The molecule has 4 nitrogen and oxygen atoms in total. The summed E-state index contributed by atoms with van der Waals surface area (Å²) in [6.45, 7) is 4.14. The van der Waals surface area contributed by atoms with E-state index in [2.05, 4.69) is 9.88 Å². The molecule has 0 N–H and O–H groups in total. The molecular formula is C19H23N3O. The number of rotatable bonds is 2. The third-order valence-corrected chi connectivity index (χ3v) is 5.22. The van der Waals surface area contributed by atoms with Crippen molar-refractivity contribution in [2.75, 3.05) is 26.2 Å². The van der Waals surface area contributed by atoms with Crippen LogP contribution < -0.4 is 0 Å². The number of amides is 1. The van der Waals surface area contributed by atoms with Gasteiger partial charge in [-0.3, -0.25) is 14.7 Å². The number of benzene rings is 1. The standard InChI is InChI=1S/C19H23N3O/c23-19(17-9-10-20-18-8-2-1-7-16(17)18)22-13-5-6-15(14-22)21-11-3-4-12-21/h1-2,7-10,15H,3-6,11-14H2. The van der Waals surface area contributed by atoms with Gasteiger partial charge in [0.25, 0.3) is 5.91 Å². The van der Waals surface area contributed by atoms with Crippen molar-refractivity contribution in [2.45, 2.75) is 31.7 Å². The van der Waals surface area contributed by atoms with E-state index in [1.165, 1.54) is 32.4 Å². The molecule has 0 spiro atoms. The van der Waals surface area contributed by atoms with Gasteiger partial charge in [0, 0.05) is 30.7 Å². The fourth-order valence-corrected chi connectivity index (χ4v) is 4.00. The zero-order valence-electron chi connectivity index (χ0n) is 13.4. The molecule has 0 aliphatic carbocycles. The van der Waals surface area contributed by atoms with E-state index in [0.29, 0.717) is 6.04 Å². The van der Waals surface area contributed by atoms with Gasteiger partial charge in [0.2, 0.25) is 0 Å². The van der Waals surface area contributed by atoms with E-state index in [0.717, 1.165) is 36.0 Å². The summed E-state index contributed by atoms with van der Waals surface area (Å²) in [5.74, 6) is 0.160. The number of hydrogen-bond acceptors (Lipinski definition) is 3. The van der Waals surface area contributed by atoms with Crippen molar-refractivity contribution in [3.8, 4) is 0 Å². The van der Waals surface area contributed by atoms with Crippen molar-refractivity contribution in [3.63, 3.8) is 0 Å². The Hall–Kier alpha value is -1.94.